The Morgan fingerprint density at radius 3 is 2.79 bits per heavy atom. The maximum Gasteiger partial charge on any atom is 0.319 e. The van der Waals surface area contributed by atoms with Gasteiger partial charge in [0.2, 0.25) is 0 Å². The molecule has 0 bridgehead atoms. The van der Waals surface area contributed by atoms with Crippen molar-refractivity contribution in [3.05, 3.63) is 12.2 Å². The minimum atomic E-state index is -0.874. The molecule has 1 aliphatic carbocycles. The highest BCUT2D eigenvalue weighted by Gasteiger charge is 2.48. The molecule has 0 spiro atoms. The number of hydrogen-bond donors (Lipinski definition) is 0. The number of methoxy groups -OCH3 is 1. The highest BCUT2D eigenvalue weighted by Crippen LogP contribution is 2.39. The largest absolute Gasteiger partial charge is 0.468 e. The lowest BCUT2D eigenvalue weighted by molar-refractivity contribution is -0.156. The summed E-state index contributed by atoms with van der Waals surface area (Å²) in [4.78, 5) is 23.2. The van der Waals surface area contributed by atoms with Crippen LogP contribution >= 0.6 is 0 Å². The second-order valence-electron chi connectivity index (χ2n) is 3.62. The Labute approximate surface area is 84.1 Å². The molecule has 3 nitrogen and oxygen atoms in total. The van der Waals surface area contributed by atoms with Crippen molar-refractivity contribution < 1.29 is 14.3 Å². The molecule has 0 N–H and O–H groups in total. The van der Waals surface area contributed by atoms with E-state index < -0.39 is 5.41 Å². The predicted molar refractivity (Wildman–Crippen MR) is 52.7 cm³/mol. The van der Waals surface area contributed by atoms with Crippen LogP contribution in [0, 0.1) is 5.41 Å². The molecule has 3 heteroatoms. The molecule has 0 heterocycles. The summed E-state index contributed by atoms with van der Waals surface area (Å²) < 4.78 is 4.71. The number of esters is 1. The lowest BCUT2D eigenvalue weighted by atomic mass is 9.81. The third kappa shape index (κ3) is 1.72. The molecule has 1 saturated carbocycles. The Hall–Kier alpha value is -1.12. The average Bonchev–Trinajstić information content (AvgIpc) is 2.57. The zero-order chi connectivity index (χ0) is 10.6. The summed E-state index contributed by atoms with van der Waals surface area (Å²) in [7, 11) is 1.34. The molecular weight excluding hydrogens is 180 g/mol. The van der Waals surface area contributed by atoms with Crippen molar-refractivity contribution in [3.8, 4) is 0 Å². The average molecular weight is 196 g/mol. The molecular formula is C11H16O3. The van der Waals surface area contributed by atoms with Crippen molar-refractivity contribution in [3.63, 3.8) is 0 Å². The van der Waals surface area contributed by atoms with Gasteiger partial charge in [-0.3, -0.25) is 9.59 Å². The summed E-state index contributed by atoms with van der Waals surface area (Å²) >= 11 is 0. The van der Waals surface area contributed by atoms with E-state index in [2.05, 4.69) is 0 Å². The fraction of sp³-hybridized carbons (Fsp3) is 0.636. The van der Waals surface area contributed by atoms with Gasteiger partial charge in [0, 0.05) is 6.42 Å². The Kier molecular flexibility index (Phi) is 3.44. The third-order valence-electron chi connectivity index (χ3n) is 2.82. The van der Waals surface area contributed by atoms with Crippen LogP contribution in [0.15, 0.2) is 12.2 Å². The van der Waals surface area contributed by atoms with E-state index >= 15 is 0 Å². The summed E-state index contributed by atoms with van der Waals surface area (Å²) in [5.74, 6) is -0.347. The van der Waals surface area contributed by atoms with E-state index in [4.69, 9.17) is 4.74 Å². The van der Waals surface area contributed by atoms with Gasteiger partial charge in [-0.1, -0.05) is 12.2 Å². The van der Waals surface area contributed by atoms with Crippen LogP contribution in [0.25, 0.3) is 0 Å². The summed E-state index contributed by atoms with van der Waals surface area (Å²) in [6, 6.07) is 0. The van der Waals surface area contributed by atoms with Gasteiger partial charge in [0.05, 0.1) is 7.11 Å². The molecule has 78 valence electrons. The van der Waals surface area contributed by atoms with Gasteiger partial charge in [-0.25, -0.2) is 0 Å². The fourth-order valence-electron chi connectivity index (χ4n) is 1.96. The first kappa shape index (κ1) is 11.0. The van der Waals surface area contributed by atoms with E-state index in [1.807, 2.05) is 19.1 Å². The van der Waals surface area contributed by atoms with E-state index in [9.17, 15) is 9.59 Å². The first-order chi connectivity index (χ1) is 6.67. The van der Waals surface area contributed by atoms with Gasteiger partial charge in [0.15, 0.2) is 5.78 Å². The lowest BCUT2D eigenvalue weighted by Gasteiger charge is -2.22. The molecule has 0 saturated heterocycles. The molecule has 0 radical (unpaired) electrons. The minimum Gasteiger partial charge on any atom is -0.468 e. The molecule has 1 unspecified atom stereocenters. The van der Waals surface area contributed by atoms with E-state index in [0.29, 0.717) is 19.3 Å². The molecule has 1 fully saturated rings. The summed E-state index contributed by atoms with van der Waals surface area (Å²) in [5.41, 5.74) is -0.874. The number of Topliss-reactive ketones (excluding diaryl/α,β-unsaturated/α-hetero) is 1. The minimum absolute atomic E-state index is 0.0300. The summed E-state index contributed by atoms with van der Waals surface area (Å²) in [5, 5.41) is 0. The first-order valence-corrected chi connectivity index (χ1v) is 4.90. The number of rotatable bonds is 3. The lowest BCUT2D eigenvalue weighted by Crippen LogP contribution is -2.35. The fourth-order valence-corrected chi connectivity index (χ4v) is 1.96. The Morgan fingerprint density at radius 1 is 1.64 bits per heavy atom. The molecule has 1 atom stereocenters. The molecule has 0 aromatic heterocycles. The highest BCUT2D eigenvalue weighted by molar-refractivity contribution is 6.05. The smallest absolute Gasteiger partial charge is 0.319 e. The van der Waals surface area contributed by atoms with Crippen molar-refractivity contribution in [2.75, 3.05) is 7.11 Å². The van der Waals surface area contributed by atoms with Gasteiger partial charge in [-0.2, -0.15) is 0 Å². The molecule has 14 heavy (non-hydrogen) atoms. The quantitative estimate of drug-likeness (QED) is 0.393. The van der Waals surface area contributed by atoms with Crippen LogP contribution in [-0.2, 0) is 14.3 Å². The SMILES string of the molecule is CC=CCC1(C(=O)OC)CCCC1=O. The van der Waals surface area contributed by atoms with Crippen LogP contribution in [0.3, 0.4) is 0 Å². The van der Waals surface area contributed by atoms with Crippen LogP contribution in [0.5, 0.6) is 0 Å². The molecule has 0 aliphatic heterocycles. The van der Waals surface area contributed by atoms with E-state index in [1.54, 1.807) is 0 Å². The van der Waals surface area contributed by atoms with Crippen molar-refractivity contribution in [1.82, 2.24) is 0 Å². The second kappa shape index (κ2) is 4.40. The van der Waals surface area contributed by atoms with Crippen LogP contribution in [0.1, 0.15) is 32.6 Å². The molecule has 0 aromatic rings. The molecule has 0 aromatic carbocycles. The van der Waals surface area contributed by atoms with Crippen molar-refractivity contribution >= 4 is 11.8 Å². The maximum atomic E-state index is 11.7. The molecule has 0 amide bonds. The van der Waals surface area contributed by atoms with E-state index in [0.717, 1.165) is 6.42 Å². The summed E-state index contributed by atoms with van der Waals surface area (Å²) in [6.07, 6.45) is 6.13. The maximum absolute atomic E-state index is 11.7. The van der Waals surface area contributed by atoms with Gasteiger partial charge in [0.25, 0.3) is 0 Å². The van der Waals surface area contributed by atoms with Crippen LogP contribution in [0.2, 0.25) is 0 Å². The number of allylic oxidation sites excluding steroid dienone is 2. The Morgan fingerprint density at radius 2 is 2.36 bits per heavy atom. The van der Waals surface area contributed by atoms with Gasteiger partial charge in [-0.15, -0.1) is 0 Å². The predicted octanol–water partition coefficient (Wildman–Crippen LogP) is 1.86. The van der Waals surface area contributed by atoms with Crippen LogP contribution in [-0.4, -0.2) is 18.9 Å². The van der Waals surface area contributed by atoms with Crippen molar-refractivity contribution in [2.24, 2.45) is 5.41 Å². The van der Waals surface area contributed by atoms with Gasteiger partial charge < -0.3 is 4.74 Å². The van der Waals surface area contributed by atoms with E-state index in [-0.39, 0.29) is 11.8 Å². The van der Waals surface area contributed by atoms with Gasteiger partial charge in [-0.05, 0) is 26.2 Å². The molecule has 1 aliphatic rings. The number of carbonyl (C=O) groups is 2. The normalized spacial score (nSPS) is 27.1. The zero-order valence-corrected chi connectivity index (χ0v) is 8.71. The first-order valence-electron chi connectivity index (χ1n) is 4.90. The van der Waals surface area contributed by atoms with E-state index in [1.165, 1.54) is 7.11 Å². The summed E-state index contributed by atoms with van der Waals surface area (Å²) in [6.45, 7) is 1.88. The number of ether oxygens (including phenoxy) is 1. The highest BCUT2D eigenvalue weighted by atomic mass is 16.5. The molecule has 1 rings (SSSR count). The number of hydrogen-bond acceptors (Lipinski definition) is 3. The zero-order valence-electron chi connectivity index (χ0n) is 8.71. The van der Waals surface area contributed by atoms with Gasteiger partial charge >= 0.3 is 5.97 Å². The van der Waals surface area contributed by atoms with Crippen LogP contribution in [0.4, 0.5) is 0 Å². The van der Waals surface area contributed by atoms with Crippen LogP contribution < -0.4 is 0 Å². The Bertz CT molecular complexity index is 268. The number of ketones is 1. The standard InChI is InChI=1S/C11H16O3/c1-3-4-7-11(10(13)14-2)8-5-6-9(11)12/h3-4H,5-8H2,1-2H3. The van der Waals surface area contributed by atoms with Crippen molar-refractivity contribution in [2.45, 2.75) is 32.6 Å². The van der Waals surface area contributed by atoms with Gasteiger partial charge in [0.1, 0.15) is 5.41 Å². The topological polar surface area (TPSA) is 43.4 Å². The Balaban J connectivity index is 2.89. The number of carbonyl (C=O) groups excluding carboxylic acids is 2. The third-order valence-corrected chi connectivity index (χ3v) is 2.82. The monoisotopic (exact) mass is 196 g/mol. The second-order valence-corrected chi connectivity index (χ2v) is 3.62. The van der Waals surface area contributed by atoms with Crippen molar-refractivity contribution in [1.29, 1.82) is 0 Å².